The van der Waals surface area contributed by atoms with Gasteiger partial charge in [0, 0.05) is 12.4 Å². The second-order valence-electron chi connectivity index (χ2n) is 8.83. The number of halogens is 2. The fourth-order valence-electron chi connectivity index (χ4n) is 3.91. The van der Waals surface area contributed by atoms with Crippen LogP contribution < -0.4 is 0 Å². The Hall–Kier alpha value is -1.84. The molecular formula is C27H40F2N2. The lowest BCUT2D eigenvalue weighted by Crippen LogP contribution is -1.97. The molecule has 2 rings (SSSR count). The monoisotopic (exact) mass is 430 g/mol. The molecule has 0 amide bonds. The molecule has 4 heteroatoms. The fraction of sp³-hybridized carbons (Fsp3) is 0.630. The third kappa shape index (κ3) is 10.3. The van der Waals surface area contributed by atoms with Crippen LogP contribution in [-0.4, -0.2) is 16.1 Å². The van der Waals surface area contributed by atoms with Gasteiger partial charge in [0.05, 0.1) is 11.7 Å². The minimum atomic E-state index is -0.733. The molecule has 172 valence electrons. The fourth-order valence-corrected chi connectivity index (χ4v) is 3.91. The summed E-state index contributed by atoms with van der Waals surface area (Å²) in [5, 5.41) is 0. The van der Waals surface area contributed by atoms with E-state index in [1.54, 1.807) is 19.1 Å². The third-order valence-corrected chi connectivity index (χ3v) is 5.87. The summed E-state index contributed by atoms with van der Waals surface area (Å²) in [5.74, 6) is 0.173. The summed E-state index contributed by atoms with van der Waals surface area (Å²) in [5.41, 5.74) is 2.55. The zero-order valence-electron chi connectivity index (χ0n) is 19.5. The van der Waals surface area contributed by atoms with Gasteiger partial charge < -0.3 is 0 Å². The third-order valence-electron chi connectivity index (χ3n) is 5.87. The van der Waals surface area contributed by atoms with Crippen molar-refractivity contribution in [3.05, 3.63) is 47.5 Å². The number of hydrogen-bond donors (Lipinski definition) is 0. The number of rotatable bonds is 16. The van der Waals surface area contributed by atoms with E-state index in [1.165, 1.54) is 44.9 Å². The summed E-state index contributed by atoms with van der Waals surface area (Å²) in [6.45, 7) is 3.84. The Balaban J connectivity index is 1.73. The van der Waals surface area contributed by atoms with Gasteiger partial charge in [0.25, 0.3) is 0 Å². The molecule has 0 radical (unpaired) electrons. The number of aryl methyl sites for hydroxylation is 2. The average molecular weight is 431 g/mol. The number of hydrogen-bond acceptors (Lipinski definition) is 2. The van der Waals surface area contributed by atoms with Crippen LogP contribution in [0.25, 0.3) is 11.4 Å². The Bertz CT molecular complexity index is 729. The van der Waals surface area contributed by atoms with Crippen molar-refractivity contribution in [2.45, 2.75) is 110 Å². The molecule has 0 aliphatic rings. The van der Waals surface area contributed by atoms with Crippen LogP contribution in [0.4, 0.5) is 8.78 Å². The molecule has 1 heterocycles. The lowest BCUT2D eigenvalue weighted by molar-refractivity contribution is 0.330. The van der Waals surface area contributed by atoms with Crippen LogP contribution in [0.5, 0.6) is 0 Å². The number of benzene rings is 1. The summed E-state index contributed by atoms with van der Waals surface area (Å²) >= 11 is 0. The molecule has 0 saturated carbocycles. The quantitative estimate of drug-likeness (QED) is 0.250. The number of alkyl halides is 1. The molecule has 0 spiro atoms. The zero-order chi connectivity index (χ0) is 22.3. The first kappa shape index (κ1) is 25.4. The molecule has 1 aromatic carbocycles. The van der Waals surface area contributed by atoms with Crippen molar-refractivity contribution in [3.8, 4) is 11.4 Å². The van der Waals surface area contributed by atoms with E-state index in [0.717, 1.165) is 49.7 Å². The highest BCUT2D eigenvalue weighted by Gasteiger charge is 2.09. The molecule has 0 aliphatic heterocycles. The van der Waals surface area contributed by atoms with Gasteiger partial charge >= 0.3 is 0 Å². The molecule has 1 atom stereocenters. The highest BCUT2D eigenvalue weighted by Crippen LogP contribution is 2.22. The summed E-state index contributed by atoms with van der Waals surface area (Å²) in [7, 11) is 0. The molecule has 0 saturated heterocycles. The van der Waals surface area contributed by atoms with Crippen molar-refractivity contribution in [3.63, 3.8) is 0 Å². The van der Waals surface area contributed by atoms with E-state index in [4.69, 9.17) is 0 Å². The maximum absolute atomic E-state index is 14.6. The minimum absolute atomic E-state index is 0.272. The van der Waals surface area contributed by atoms with E-state index in [1.807, 2.05) is 18.5 Å². The van der Waals surface area contributed by atoms with E-state index in [-0.39, 0.29) is 5.82 Å². The predicted molar refractivity (Wildman–Crippen MR) is 126 cm³/mol. The molecule has 0 aliphatic carbocycles. The molecule has 0 fully saturated rings. The minimum Gasteiger partial charge on any atom is -0.248 e. The first-order chi connectivity index (χ1) is 15.1. The van der Waals surface area contributed by atoms with Gasteiger partial charge in [-0.2, -0.15) is 0 Å². The van der Waals surface area contributed by atoms with E-state index < -0.39 is 6.17 Å². The van der Waals surface area contributed by atoms with E-state index in [2.05, 4.69) is 16.9 Å². The lowest BCUT2D eigenvalue weighted by atomic mass is 10.0. The zero-order valence-corrected chi connectivity index (χ0v) is 19.5. The first-order valence-corrected chi connectivity index (χ1v) is 12.3. The highest BCUT2D eigenvalue weighted by molar-refractivity contribution is 5.56. The molecule has 1 unspecified atom stereocenters. The normalized spacial score (nSPS) is 12.3. The van der Waals surface area contributed by atoms with Gasteiger partial charge in [0.2, 0.25) is 0 Å². The number of nitrogens with zero attached hydrogens (tertiary/aromatic N) is 2. The van der Waals surface area contributed by atoms with Crippen molar-refractivity contribution in [1.82, 2.24) is 9.97 Å². The Kier molecular flexibility index (Phi) is 12.3. The average Bonchev–Trinajstić information content (AvgIpc) is 2.76. The molecule has 0 N–H and O–H groups in total. The summed E-state index contributed by atoms with van der Waals surface area (Å²) in [6.07, 6.45) is 18.6. The van der Waals surface area contributed by atoms with Gasteiger partial charge in [-0.15, -0.1) is 0 Å². The van der Waals surface area contributed by atoms with Crippen molar-refractivity contribution in [2.24, 2.45) is 0 Å². The van der Waals surface area contributed by atoms with Crippen molar-refractivity contribution in [2.75, 3.05) is 0 Å². The maximum atomic E-state index is 14.6. The number of unbranched alkanes of at least 4 members (excludes halogenated alkanes) is 9. The van der Waals surface area contributed by atoms with Crippen molar-refractivity contribution < 1.29 is 8.78 Å². The molecule has 0 bridgehead atoms. The second kappa shape index (κ2) is 15.0. The van der Waals surface area contributed by atoms with Crippen LogP contribution in [-0.2, 0) is 12.8 Å². The Labute approximate surface area is 187 Å². The molecule has 1 aromatic heterocycles. The van der Waals surface area contributed by atoms with Gasteiger partial charge in [-0.3, -0.25) is 0 Å². The standard InChI is InChI=1S/C27H40F2N2/c1-3-4-5-6-7-8-9-12-16-24-20-30-27(31-21-24)25-18-17-23(19-26(25)29)15-13-10-11-14-22(2)28/h17-22H,3-16H2,1-2H3. The largest absolute Gasteiger partial charge is 0.248 e. The summed E-state index contributed by atoms with van der Waals surface area (Å²) in [6, 6.07) is 5.32. The van der Waals surface area contributed by atoms with Crippen LogP contribution in [0, 0.1) is 5.82 Å². The van der Waals surface area contributed by atoms with Crippen LogP contribution in [0.1, 0.15) is 102 Å². The summed E-state index contributed by atoms with van der Waals surface area (Å²) in [4.78, 5) is 8.81. The van der Waals surface area contributed by atoms with Crippen LogP contribution in [0.15, 0.2) is 30.6 Å². The maximum Gasteiger partial charge on any atom is 0.162 e. The highest BCUT2D eigenvalue weighted by atomic mass is 19.1. The van der Waals surface area contributed by atoms with Gasteiger partial charge in [0.1, 0.15) is 5.82 Å². The van der Waals surface area contributed by atoms with E-state index in [9.17, 15) is 8.78 Å². The SMILES string of the molecule is CCCCCCCCCCc1cnc(-c2ccc(CCCCCC(C)F)cc2F)nc1. The smallest absolute Gasteiger partial charge is 0.162 e. The Morgan fingerprint density at radius 3 is 1.97 bits per heavy atom. The van der Waals surface area contributed by atoms with Gasteiger partial charge in [-0.1, -0.05) is 70.8 Å². The predicted octanol–water partition coefficient (Wildman–Crippen LogP) is 8.43. The van der Waals surface area contributed by atoms with Crippen molar-refractivity contribution in [1.29, 1.82) is 0 Å². The van der Waals surface area contributed by atoms with Crippen LogP contribution >= 0.6 is 0 Å². The molecule has 2 nitrogen and oxygen atoms in total. The van der Waals surface area contributed by atoms with Gasteiger partial charge in [-0.05, 0) is 62.3 Å². The number of aromatic nitrogens is 2. The molecule has 31 heavy (non-hydrogen) atoms. The van der Waals surface area contributed by atoms with Crippen LogP contribution in [0.2, 0.25) is 0 Å². The summed E-state index contributed by atoms with van der Waals surface area (Å²) < 4.78 is 27.4. The van der Waals surface area contributed by atoms with E-state index in [0.29, 0.717) is 17.8 Å². The second-order valence-corrected chi connectivity index (χ2v) is 8.83. The Morgan fingerprint density at radius 2 is 1.35 bits per heavy atom. The van der Waals surface area contributed by atoms with E-state index >= 15 is 0 Å². The van der Waals surface area contributed by atoms with Gasteiger partial charge in [0.15, 0.2) is 5.82 Å². The Morgan fingerprint density at radius 1 is 0.774 bits per heavy atom. The molecule has 2 aromatic rings. The van der Waals surface area contributed by atoms with Crippen molar-refractivity contribution >= 4 is 0 Å². The first-order valence-electron chi connectivity index (χ1n) is 12.3. The topological polar surface area (TPSA) is 25.8 Å². The van der Waals surface area contributed by atoms with Gasteiger partial charge in [-0.25, -0.2) is 18.7 Å². The lowest BCUT2D eigenvalue weighted by Gasteiger charge is -2.07. The van der Waals surface area contributed by atoms with Crippen LogP contribution in [0.3, 0.4) is 0 Å². The molecular weight excluding hydrogens is 390 g/mol.